The Morgan fingerprint density at radius 1 is 1.32 bits per heavy atom. The van der Waals surface area contributed by atoms with Crippen molar-refractivity contribution in [3.63, 3.8) is 0 Å². The molecule has 2 aromatic rings. The molecule has 0 radical (unpaired) electrons. The molecule has 0 aliphatic heterocycles. The molecular formula is C17H23N3O2. The van der Waals surface area contributed by atoms with E-state index < -0.39 is 0 Å². The van der Waals surface area contributed by atoms with Gasteiger partial charge in [0.2, 0.25) is 0 Å². The fourth-order valence-corrected chi connectivity index (χ4v) is 2.48. The summed E-state index contributed by atoms with van der Waals surface area (Å²) in [6.07, 6.45) is 0. The van der Waals surface area contributed by atoms with E-state index in [4.69, 9.17) is 10.5 Å². The van der Waals surface area contributed by atoms with Crippen molar-refractivity contribution in [2.24, 2.45) is 5.73 Å². The van der Waals surface area contributed by atoms with Gasteiger partial charge in [-0.2, -0.15) is 0 Å². The maximum atomic E-state index is 12.3. The van der Waals surface area contributed by atoms with Crippen molar-refractivity contribution in [1.82, 2.24) is 9.88 Å². The minimum atomic E-state index is -0.0918. The van der Waals surface area contributed by atoms with E-state index >= 15 is 0 Å². The number of nitrogens with one attached hydrogen (secondary N) is 1. The lowest BCUT2D eigenvalue weighted by atomic mass is 10.2. The molecule has 0 aliphatic carbocycles. The zero-order valence-electron chi connectivity index (χ0n) is 13.5. The molecule has 1 atom stereocenters. The number of carbonyl (C=O) groups is 1. The van der Waals surface area contributed by atoms with E-state index in [-0.39, 0.29) is 11.9 Å². The molecule has 3 N–H and O–H groups in total. The van der Waals surface area contributed by atoms with E-state index in [9.17, 15) is 4.79 Å². The number of carbonyl (C=O) groups excluding carboxylic acids is 1. The molecule has 0 fully saturated rings. The van der Waals surface area contributed by atoms with Crippen LogP contribution in [0.5, 0.6) is 5.75 Å². The molecule has 0 bridgehead atoms. The van der Waals surface area contributed by atoms with Crippen LogP contribution in [0.15, 0.2) is 30.3 Å². The van der Waals surface area contributed by atoms with Crippen molar-refractivity contribution in [3.05, 3.63) is 47.3 Å². The van der Waals surface area contributed by atoms with Crippen LogP contribution in [-0.2, 0) is 0 Å². The number of aromatic nitrogens is 1. The third kappa shape index (κ3) is 3.14. The summed E-state index contributed by atoms with van der Waals surface area (Å²) in [6.45, 7) is 6.24. The molecular weight excluding hydrogens is 278 g/mol. The molecule has 2 rings (SSSR count). The minimum Gasteiger partial charge on any atom is -0.497 e. The Hall–Kier alpha value is -2.27. The molecule has 22 heavy (non-hydrogen) atoms. The third-order valence-corrected chi connectivity index (χ3v) is 3.74. The standard InChI is InChI=1S/C17H23N3O2/c1-11(10-18)19-17(21)16-9-12(2)20(13(16)3)14-5-7-15(22-4)8-6-14/h5-9,11H,10,18H2,1-4H3,(H,19,21)/t11-/m0/s1. The maximum Gasteiger partial charge on any atom is 0.253 e. The summed E-state index contributed by atoms with van der Waals surface area (Å²) in [5, 5.41) is 2.90. The number of aryl methyl sites for hydroxylation is 1. The molecule has 0 aliphatic rings. The highest BCUT2D eigenvalue weighted by atomic mass is 16.5. The molecule has 0 saturated heterocycles. The topological polar surface area (TPSA) is 69.3 Å². The first-order valence-corrected chi connectivity index (χ1v) is 7.32. The third-order valence-electron chi connectivity index (χ3n) is 3.74. The van der Waals surface area contributed by atoms with Crippen molar-refractivity contribution < 1.29 is 9.53 Å². The Balaban J connectivity index is 2.35. The number of amides is 1. The van der Waals surface area contributed by atoms with Gasteiger partial charge in [0.1, 0.15) is 5.75 Å². The van der Waals surface area contributed by atoms with Gasteiger partial charge in [-0.25, -0.2) is 0 Å². The quantitative estimate of drug-likeness (QED) is 0.889. The second-order valence-corrected chi connectivity index (χ2v) is 5.43. The van der Waals surface area contributed by atoms with Crippen LogP contribution in [0.3, 0.4) is 0 Å². The minimum absolute atomic E-state index is 0.0449. The van der Waals surface area contributed by atoms with E-state index in [1.807, 2.05) is 51.1 Å². The first-order valence-electron chi connectivity index (χ1n) is 7.32. The largest absolute Gasteiger partial charge is 0.497 e. The van der Waals surface area contributed by atoms with Crippen LogP contribution in [-0.4, -0.2) is 30.2 Å². The molecule has 1 heterocycles. The van der Waals surface area contributed by atoms with Crippen molar-refractivity contribution in [2.75, 3.05) is 13.7 Å². The van der Waals surface area contributed by atoms with Gasteiger partial charge in [0.25, 0.3) is 5.91 Å². The monoisotopic (exact) mass is 301 g/mol. The second-order valence-electron chi connectivity index (χ2n) is 5.43. The second kappa shape index (κ2) is 6.66. The van der Waals surface area contributed by atoms with Gasteiger partial charge in [0, 0.05) is 29.7 Å². The van der Waals surface area contributed by atoms with Crippen LogP contribution in [0, 0.1) is 13.8 Å². The summed E-state index contributed by atoms with van der Waals surface area (Å²) in [5.41, 5.74) is 9.15. The van der Waals surface area contributed by atoms with Gasteiger partial charge in [-0.1, -0.05) is 0 Å². The van der Waals surface area contributed by atoms with Gasteiger partial charge in [0.15, 0.2) is 0 Å². The molecule has 1 aromatic heterocycles. The molecule has 5 nitrogen and oxygen atoms in total. The number of rotatable bonds is 5. The highest BCUT2D eigenvalue weighted by Crippen LogP contribution is 2.22. The number of hydrogen-bond donors (Lipinski definition) is 2. The lowest BCUT2D eigenvalue weighted by Crippen LogP contribution is -2.37. The highest BCUT2D eigenvalue weighted by molar-refractivity contribution is 5.96. The highest BCUT2D eigenvalue weighted by Gasteiger charge is 2.17. The Bertz CT molecular complexity index is 659. The summed E-state index contributed by atoms with van der Waals surface area (Å²) in [4.78, 5) is 12.3. The number of benzene rings is 1. The number of methoxy groups -OCH3 is 1. The van der Waals surface area contributed by atoms with E-state index in [0.29, 0.717) is 12.1 Å². The first kappa shape index (κ1) is 16.1. The zero-order valence-corrected chi connectivity index (χ0v) is 13.5. The summed E-state index contributed by atoms with van der Waals surface area (Å²) in [6, 6.07) is 9.62. The smallest absolute Gasteiger partial charge is 0.253 e. The molecule has 0 spiro atoms. The number of nitrogens with zero attached hydrogens (tertiary/aromatic N) is 1. The van der Waals surface area contributed by atoms with Crippen LogP contribution in [0.4, 0.5) is 0 Å². The molecule has 5 heteroatoms. The van der Waals surface area contributed by atoms with E-state index in [1.54, 1.807) is 7.11 Å². The van der Waals surface area contributed by atoms with Gasteiger partial charge in [-0.15, -0.1) is 0 Å². The first-order chi connectivity index (χ1) is 10.5. The Kier molecular flexibility index (Phi) is 4.88. The summed E-state index contributed by atoms with van der Waals surface area (Å²) < 4.78 is 7.24. The Morgan fingerprint density at radius 2 is 1.95 bits per heavy atom. The van der Waals surface area contributed by atoms with Crippen LogP contribution in [0.1, 0.15) is 28.7 Å². The number of hydrogen-bond acceptors (Lipinski definition) is 3. The van der Waals surface area contributed by atoms with Crippen molar-refractivity contribution in [3.8, 4) is 11.4 Å². The number of ether oxygens (including phenoxy) is 1. The van der Waals surface area contributed by atoms with E-state index in [2.05, 4.69) is 9.88 Å². The zero-order chi connectivity index (χ0) is 16.3. The van der Waals surface area contributed by atoms with Gasteiger partial charge < -0.3 is 20.4 Å². The summed E-state index contributed by atoms with van der Waals surface area (Å²) in [5.74, 6) is 0.715. The Morgan fingerprint density at radius 3 is 2.50 bits per heavy atom. The van der Waals surface area contributed by atoms with Crippen molar-refractivity contribution in [1.29, 1.82) is 0 Å². The van der Waals surface area contributed by atoms with Crippen LogP contribution in [0.2, 0.25) is 0 Å². The van der Waals surface area contributed by atoms with Crippen LogP contribution in [0.25, 0.3) is 5.69 Å². The van der Waals surface area contributed by atoms with Crippen LogP contribution < -0.4 is 15.8 Å². The molecule has 0 saturated carbocycles. The average molecular weight is 301 g/mol. The fraction of sp³-hybridized carbons (Fsp3) is 0.353. The predicted molar refractivity (Wildman–Crippen MR) is 87.8 cm³/mol. The van der Waals surface area contributed by atoms with Crippen molar-refractivity contribution in [2.45, 2.75) is 26.8 Å². The molecule has 1 aromatic carbocycles. The van der Waals surface area contributed by atoms with Gasteiger partial charge in [0.05, 0.1) is 12.7 Å². The maximum absolute atomic E-state index is 12.3. The normalized spacial score (nSPS) is 12.0. The Labute approximate surface area is 131 Å². The average Bonchev–Trinajstić information content (AvgIpc) is 2.82. The SMILES string of the molecule is COc1ccc(-n2c(C)cc(C(=O)N[C@@H](C)CN)c2C)cc1. The van der Waals surface area contributed by atoms with Gasteiger partial charge in [-0.3, -0.25) is 4.79 Å². The molecule has 0 unspecified atom stereocenters. The van der Waals surface area contributed by atoms with E-state index in [0.717, 1.165) is 22.8 Å². The predicted octanol–water partition coefficient (Wildman–Crippen LogP) is 2.18. The molecule has 1 amide bonds. The van der Waals surface area contributed by atoms with Gasteiger partial charge >= 0.3 is 0 Å². The summed E-state index contributed by atoms with van der Waals surface area (Å²) >= 11 is 0. The molecule has 118 valence electrons. The van der Waals surface area contributed by atoms with Crippen molar-refractivity contribution >= 4 is 5.91 Å². The number of nitrogens with two attached hydrogens (primary N) is 1. The van der Waals surface area contributed by atoms with E-state index in [1.165, 1.54) is 0 Å². The van der Waals surface area contributed by atoms with Gasteiger partial charge in [-0.05, 0) is 51.1 Å². The van der Waals surface area contributed by atoms with Crippen LogP contribution >= 0.6 is 0 Å². The summed E-state index contributed by atoms with van der Waals surface area (Å²) in [7, 11) is 1.64. The lowest BCUT2D eigenvalue weighted by Gasteiger charge is -2.12. The fourth-order valence-electron chi connectivity index (χ4n) is 2.48. The lowest BCUT2D eigenvalue weighted by molar-refractivity contribution is 0.0940.